The zero-order chi connectivity index (χ0) is 16.6. The number of carbonyl (C=O) groups is 1. The molecule has 0 saturated carbocycles. The van der Waals surface area contributed by atoms with Gasteiger partial charge in [0.25, 0.3) is 11.5 Å². The number of anilines is 1. The van der Waals surface area contributed by atoms with E-state index in [0.717, 1.165) is 9.44 Å². The molecule has 3 aromatic rings. The fraction of sp³-hybridized carbons (Fsp3) is 0.200. The minimum atomic E-state index is -0.488. The standard InChI is InChI=1S/C15H14N4O3S/c1-3-19-13(21)10-5-4-9(6-11(10)17-15(19)22)12(20)18-14-16-7-8(2)23-14/h4-7H,3H2,1-2H3,(H,17,22)(H,16,18,20). The first-order valence-electron chi connectivity index (χ1n) is 7.00. The second-order valence-corrected chi connectivity index (χ2v) is 6.20. The topological polar surface area (TPSA) is 96.8 Å². The zero-order valence-corrected chi connectivity index (χ0v) is 13.4. The van der Waals surface area contributed by atoms with E-state index in [1.807, 2.05) is 6.92 Å². The number of thiazole rings is 1. The van der Waals surface area contributed by atoms with Crippen LogP contribution in [0.1, 0.15) is 22.2 Å². The van der Waals surface area contributed by atoms with Crippen LogP contribution in [0.15, 0.2) is 34.0 Å². The summed E-state index contributed by atoms with van der Waals surface area (Å²) >= 11 is 1.37. The van der Waals surface area contributed by atoms with Gasteiger partial charge in [0.2, 0.25) is 0 Å². The maximum Gasteiger partial charge on any atom is 0.328 e. The van der Waals surface area contributed by atoms with E-state index in [-0.39, 0.29) is 18.0 Å². The molecule has 118 valence electrons. The van der Waals surface area contributed by atoms with Crippen molar-refractivity contribution in [3.63, 3.8) is 0 Å². The lowest BCUT2D eigenvalue weighted by molar-refractivity contribution is 0.102. The Kier molecular flexibility index (Phi) is 3.83. The van der Waals surface area contributed by atoms with E-state index >= 15 is 0 Å². The lowest BCUT2D eigenvalue weighted by Crippen LogP contribution is -2.34. The number of carbonyl (C=O) groups excluding carboxylic acids is 1. The third-order valence-corrected chi connectivity index (χ3v) is 4.23. The number of aryl methyl sites for hydroxylation is 1. The van der Waals surface area contributed by atoms with Crippen molar-refractivity contribution in [2.75, 3.05) is 5.32 Å². The summed E-state index contributed by atoms with van der Waals surface area (Å²) in [5.41, 5.74) is -0.172. The highest BCUT2D eigenvalue weighted by Crippen LogP contribution is 2.18. The van der Waals surface area contributed by atoms with Crippen LogP contribution in [0.2, 0.25) is 0 Å². The van der Waals surface area contributed by atoms with E-state index < -0.39 is 5.69 Å². The third-order valence-electron chi connectivity index (χ3n) is 3.40. The number of hydrogen-bond donors (Lipinski definition) is 2. The summed E-state index contributed by atoms with van der Waals surface area (Å²) in [6.07, 6.45) is 1.67. The molecule has 2 N–H and O–H groups in total. The van der Waals surface area contributed by atoms with Crippen LogP contribution in [-0.2, 0) is 6.54 Å². The van der Waals surface area contributed by atoms with Gasteiger partial charge in [0, 0.05) is 23.2 Å². The summed E-state index contributed by atoms with van der Waals surface area (Å²) in [6.45, 7) is 3.91. The molecule has 23 heavy (non-hydrogen) atoms. The van der Waals surface area contributed by atoms with E-state index in [4.69, 9.17) is 0 Å². The molecule has 0 unspecified atom stereocenters. The van der Waals surface area contributed by atoms with Crippen molar-refractivity contribution in [3.05, 3.63) is 55.7 Å². The van der Waals surface area contributed by atoms with E-state index in [2.05, 4.69) is 15.3 Å². The summed E-state index contributed by atoms with van der Waals surface area (Å²) in [4.78, 5) is 44.0. The Morgan fingerprint density at radius 2 is 2.17 bits per heavy atom. The highest BCUT2D eigenvalue weighted by atomic mass is 32.1. The quantitative estimate of drug-likeness (QED) is 0.764. The lowest BCUT2D eigenvalue weighted by Gasteiger charge is -2.06. The normalized spacial score (nSPS) is 10.9. The van der Waals surface area contributed by atoms with Gasteiger partial charge in [-0.3, -0.25) is 19.5 Å². The SMILES string of the molecule is CCn1c(=O)[nH]c2cc(C(=O)Nc3ncc(C)s3)ccc2c1=O. The maximum absolute atomic E-state index is 12.2. The second-order valence-electron chi connectivity index (χ2n) is 4.97. The van der Waals surface area contributed by atoms with Crippen LogP contribution in [0, 0.1) is 6.92 Å². The number of nitrogens with one attached hydrogen (secondary N) is 2. The van der Waals surface area contributed by atoms with Crippen LogP contribution >= 0.6 is 11.3 Å². The van der Waals surface area contributed by atoms with Gasteiger partial charge in [0.15, 0.2) is 5.13 Å². The average Bonchev–Trinajstić information content (AvgIpc) is 2.92. The minimum absolute atomic E-state index is 0.287. The molecule has 0 fully saturated rings. The number of amides is 1. The Hall–Kier alpha value is -2.74. The van der Waals surface area contributed by atoms with Gasteiger partial charge in [-0.2, -0.15) is 0 Å². The lowest BCUT2D eigenvalue weighted by atomic mass is 10.1. The largest absolute Gasteiger partial charge is 0.328 e. The fourth-order valence-corrected chi connectivity index (χ4v) is 2.92. The number of fused-ring (bicyclic) bond motifs is 1. The van der Waals surface area contributed by atoms with Gasteiger partial charge in [-0.05, 0) is 32.0 Å². The first kappa shape index (κ1) is 15.2. The summed E-state index contributed by atoms with van der Waals surface area (Å²) < 4.78 is 1.11. The highest BCUT2D eigenvalue weighted by molar-refractivity contribution is 7.15. The fourth-order valence-electron chi connectivity index (χ4n) is 2.26. The van der Waals surface area contributed by atoms with Crippen LogP contribution in [0.4, 0.5) is 5.13 Å². The predicted molar refractivity (Wildman–Crippen MR) is 89.3 cm³/mol. The summed E-state index contributed by atoms with van der Waals surface area (Å²) in [5.74, 6) is -0.346. The Balaban J connectivity index is 2.01. The van der Waals surface area contributed by atoms with Crippen molar-refractivity contribution < 1.29 is 4.79 Å². The number of hydrogen-bond acceptors (Lipinski definition) is 5. The van der Waals surface area contributed by atoms with E-state index in [1.165, 1.54) is 17.4 Å². The Morgan fingerprint density at radius 3 is 2.83 bits per heavy atom. The molecule has 3 rings (SSSR count). The molecule has 1 aromatic carbocycles. The van der Waals surface area contributed by atoms with Gasteiger partial charge in [-0.15, -0.1) is 11.3 Å². The molecular weight excluding hydrogens is 316 g/mol. The van der Waals surface area contributed by atoms with Gasteiger partial charge in [-0.1, -0.05) is 0 Å². The molecule has 0 radical (unpaired) electrons. The number of rotatable bonds is 3. The molecule has 0 aliphatic heterocycles. The van der Waals surface area contributed by atoms with Crippen molar-refractivity contribution in [3.8, 4) is 0 Å². The van der Waals surface area contributed by atoms with Crippen LogP contribution in [0.3, 0.4) is 0 Å². The monoisotopic (exact) mass is 330 g/mol. The van der Waals surface area contributed by atoms with Crippen molar-refractivity contribution >= 4 is 33.3 Å². The smallest absolute Gasteiger partial charge is 0.307 e. The molecule has 0 saturated heterocycles. The third kappa shape index (κ3) is 2.80. The minimum Gasteiger partial charge on any atom is -0.307 e. The van der Waals surface area contributed by atoms with Crippen LogP contribution in [-0.4, -0.2) is 20.4 Å². The first-order chi connectivity index (χ1) is 11.0. The van der Waals surface area contributed by atoms with Crippen molar-refractivity contribution in [1.29, 1.82) is 0 Å². The molecule has 2 aromatic heterocycles. The molecular formula is C15H14N4O3S. The van der Waals surface area contributed by atoms with Gasteiger partial charge >= 0.3 is 5.69 Å². The molecule has 0 spiro atoms. The van der Waals surface area contributed by atoms with E-state index in [0.29, 0.717) is 21.6 Å². The van der Waals surface area contributed by atoms with Gasteiger partial charge < -0.3 is 4.98 Å². The molecule has 7 nitrogen and oxygen atoms in total. The van der Waals surface area contributed by atoms with Crippen LogP contribution < -0.4 is 16.6 Å². The molecule has 1 amide bonds. The van der Waals surface area contributed by atoms with Crippen molar-refractivity contribution in [2.24, 2.45) is 0 Å². The van der Waals surface area contributed by atoms with Crippen LogP contribution in [0.25, 0.3) is 10.9 Å². The van der Waals surface area contributed by atoms with E-state index in [9.17, 15) is 14.4 Å². The molecule has 0 aliphatic rings. The Bertz CT molecular complexity index is 1020. The number of nitrogens with zero attached hydrogens (tertiary/aromatic N) is 2. The number of aromatic nitrogens is 3. The molecule has 8 heteroatoms. The van der Waals surface area contributed by atoms with Gasteiger partial charge in [0.1, 0.15) is 0 Å². The Morgan fingerprint density at radius 1 is 1.39 bits per heavy atom. The summed E-state index contributed by atoms with van der Waals surface area (Å²) in [6, 6.07) is 4.59. The van der Waals surface area contributed by atoms with Crippen LogP contribution in [0.5, 0.6) is 0 Å². The molecule has 0 aliphatic carbocycles. The summed E-state index contributed by atoms with van der Waals surface area (Å²) in [7, 11) is 0. The number of benzene rings is 1. The predicted octanol–water partition coefficient (Wildman–Crippen LogP) is 1.73. The average molecular weight is 330 g/mol. The first-order valence-corrected chi connectivity index (χ1v) is 7.82. The van der Waals surface area contributed by atoms with Gasteiger partial charge in [0.05, 0.1) is 10.9 Å². The molecule has 0 atom stereocenters. The number of H-pyrrole nitrogens is 1. The number of aromatic amines is 1. The highest BCUT2D eigenvalue weighted by Gasteiger charge is 2.12. The maximum atomic E-state index is 12.2. The summed E-state index contributed by atoms with van der Waals surface area (Å²) in [5, 5.41) is 3.56. The zero-order valence-electron chi connectivity index (χ0n) is 12.5. The van der Waals surface area contributed by atoms with E-state index in [1.54, 1.807) is 25.3 Å². The van der Waals surface area contributed by atoms with Gasteiger partial charge in [-0.25, -0.2) is 9.78 Å². The molecule has 0 bridgehead atoms. The second kappa shape index (κ2) is 5.81. The molecule has 2 heterocycles. The van der Waals surface area contributed by atoms with Crippen molar-refractivity contribution in [2.45, 2.75) is 20.4 Å². The van der Waals surface area contributed by atoms with Crippen molar-refractivity contribution in [1.82, 2.24) is 14.5 Å². The Labute approximate surface area is 134 Å².